The Labute approximate surface area is 133 Å². The van der Waals surface area contributed by atoms with Crippen molar-refractivity contribution in [1.29, 1.82) is 0 Å². The highest BCUT2D eigenvalue weighted by Gasteiger charge is 2.17. The Kier molecular flexibility index (Phi) is 4.28. The maximum absolute atomic E-state index is 12.1. The molecule has 2 aromatic carbocycles. The van der Waals surface area contributed by atoms with Crippen molar-refractivity contribution < 1.29 is 23.8 Å². The van der Waals surface area contributed by atoms with E-state index in [9.17, 15) is 9.59 Å². The summed E-state index contributed by atoms with van der Waals surface area (Å²) in [5.74, 6) is 0.434. The summed E-state index contributed by atoms with van der Waals surface area (Å²) in [6, 6.07) is 12.5. The molecule has 23 heavy (non-hydrogen) atoms. The Balaban J connectivity index is 1.54. The van der Waals surface area contributed by atoms with E-state index < -0.39 is 5.97 Å². The van der Waals surface area contributed by atoms with Crippen LogP contribution in [0.15, 0.2) is 42.5 Å². The monoisotopic (exact) mass is 312 g/mol. The third-order valence-corrected chi connectivity index (χ3v) is 3.53. The van der Waals surface area contributed by atoms with Gasteiger partial charge in [-0.1, -0.05) is 29.8 Å². The largest absolute Gasteiger partial charge is 0.457 e. The van der Waals surface area contributed by atoms with Crippen LogP contribution < -0.4 is 9.47 Å². The topological polar surface area (TPSA) is 61.8 Å². The standard InChI is InChI=1S/C18H16O5/c1-12-2-4-13(5-3-12)8-18(20)21-10-15(19)14-6-7-16-17(9-14)23-11-22-16/h2-7,9H,8,10-11H2,1H3. The molecule has 0 spiro atoms. The van der Waals surface area contributed by atoms with Crippen molar-refractivity contribution in [3.05, 3.63) is 59.2 Å². The van der Waals surface area contributed by atoms with Gasteiger partial charge in [0.05, 0.1) is 6.42 Å². The van der Waals surface area contributed by atoms with Gasteiger partial charge in [0.2, 0.25) is 6.79 Å². The molecule has 0 bridgehead atoms. The molecule has 0 fully saturated rings. The fraction of sp³-hybridized carbons (Fsp3) is 0.222. The highest BCUT2D eigenvalue weighted by molar-refractivity contribution is 5.98. The van der Waals surface area contributed by atoms with E-state index in [0.29, 0.717) is 17.1 Å². The number of carbonyl (C=O) groups is 2. The summed E-state index contributed by atoms with van der Waals surface area (Å²) in [5, 5.41) is 0. The predicted octanol–water partition coefficient (Wildman–Crippen LogP) is 2.69. The van der Waals surface area contributed by atoms with Crippen molar-refractivity contribution >= 4 is 11.8 Å². The number of ketones is 1. The number of aryl methyl sites for hydroxylation is 1. The number of benzene rings is 2. The molecule has 5 heteroatoms. The minimum absolute atomic E-state index is 0.148. The van der Waals surface area contributed by atoms with Gasteiger partial charge in [-0.2, -0.15) is 0 Å². The molecule has 0 amide bonds. The lowest BCUT2D eigenvalue weighted by molar-refractivity contribution is -0.141. The van der Waals surface area contributed by atoms with Gasteiger partial charge in [0.1, 0.15) is 0 Å². The first-order chi connectivity index (χ1) is 11.1. The highest BCUT2D eigenvalue weighted by atomic mass is 16.7. The van der Waals surface area contributed by atoms with Crippen LogP contribution in [0.3, 0.4) is 0 Å². The molecule has 0 aromatic heterocycles. The lowest BCUT2D eigenvalue weighted by Crippen LogP contribution is -2.15. The zero-order valence-corrected chi connectivity index (χ0v) is 12.7. The molecule has 5 nitrogen and oxygen atoms in total. The van der Waals surface area contributed by atoms with Crippen LogP contribution in [0.25, 0.3) is 0 Å². The third kappa shape index (κ3) is 3.69. The fourth-order valence-electron chi connectivity index (χ4n) is 2.22. The number of ether oxygens (including phenoxy) is 3. The van der Waals surface area contributed by atoms with E-state index in [-0.39, 0.29) is 25.6 Å². The Bertz CT molecular complexity index is 734. The van der Waals surface area contributed by atoms with E-state index in [4.69, 9.17) is 14.2 Å². The number of fused-ring (bicyclic) bond motifs is 1. The Morgan fingerprint density at radius 1 is 1.04 bits per heavy atom. The highest BCUT2D eigenvalue weighted by Crippen LogP contribution is 2.32. The molecule has 0 radical (unpaired) electrons. The number of rotatable bonds is 5. The van der Waals surface area contributed by atoms with Crippen LogP contribution >= 0.6 is 0 Å². The van der Waals surface area contributed by atoms with Crippen molar-refractivity contribution in [1.82, 2.24) is 0 Å². The number of carbonyl (C=O) groups excluding carboxylic acids is 2. The van der Waals surface area contributed by atoms with Gasteiger partial charge in [0, 0.05) is 5.56 Å². The smallest absolute Gasteiger partial charge is 0.310 e. The van der Waals surface area contributed by atoms with E-state index in [1.54, 1.807) is 18.2 Å². The molecule has 0 aliphatic carbocycles. The van der Waals surface area contributed by atoms with Crippen molar-refractivity contribution in [2.45, 2.75) is 13.3 Å². The molecule has 1 heterocycles. The maximum atomic E-state index is 12.1. The Hall–Kier alpha value is -2.82. The Morgan fingerprint density at radius 2 is 1.78 bits per heavy atom. The lowest BCUT2D eigenvalue weighted by atomic mass is 10.1. The SMILES string of the molecule is Cc1ccc(CC(=O)OCC(=O)c2ccc3c(c2)OCO3)cc1. The van der Waals surface area contributed by atoms with Gasteiger partial charge in [-0.3, -0.25) is 9.59 Å². The summed E-state index contributed by atoms with van der Waals surface area (Å²) in [6.07, 6.45) is 0.148. The molecular formula is C18H16O5. The van der Waals surface area contributed by atoms with Crippen LogP contribution in [-0.2, 0) is 16.0 Å². The summed E-state index contributed by atoms with van der Waals surface area (Å²) in [7, 11) is 0. The van der Waals surface area contributed by atoms with Crippen molar-refractivity contribution in [2.24, 2.45) is 0 Å². The second-order valence-corrected chi connectivity index (χ2v) is 5.31. The second kappa shape index (κ2) is 6.52. The van der Waals surface area contributed by atoms with E-state index in [1.807, 2.05) is 31.2 Å². The van der Waals surface area contributed by atoms with Crippen molar-refractivity contribution in [3.8, 4) is 11.5 Å². The molecule has 3 rings (SSSR count). The fourth-order valence-corrected chi connectivity index (χ4v) is 2.22. The van der Waals surface area contributed by atoms with Crippen molar-refractivity contribution in [2.75, 3.05) is 13.4 Å². The molecule has 1 aliphatic rings. The van der Waals surface area contributed by atoms with Gasteiger partial charge < -0.3 is 14.2 Å². The first kappa shape index (κ1) is 15.1. The number of Topliss-reactive ketones (excluding diaryl/α,β-unsaturated/α-hetero) is 1. The summed E-state index contributed by atoms with van der Waals surface area (Å²) in [5.41, 5.74) is 2.41. The van der Waals surface area contributed by atoms with E-state index in [2.05, 4.69) is 0 Å². The quantitative estimate of drug-likeness (QED) is 0.627. The molecule has 2 aromatic rings. The van der Waals surface area contributed by atoms with Crippen LogP contribution in [0.1, 0.15) is 21.5 Å². The molecule has 118 valence electrons. The molecular weight excluding hydrogens is 296 g/mol. The minimum atomic E-state index is -0.428. The second-order valence-electron chi connectivity index (χ2n) is 5.31. The van der Waals surface area contributed by atoms with Gasteiger partial charge in [-0.25, -0.2) is 0 Å². The van der Waals surface area contributed by atoms with Gasteiger partial charge in [0.15, 0.2) is 23.9 Å². The van der Waals surface area contributed by atoms with E-state index in [0.717, 1.165) is 11.1 Å². The Morgan fingerprint density at radius 3 is 2.57 bits per heavy atom. The first-order valence-electron chi connectivity index (χ1n) is 7.26. The van der Waals surface area contributed by atoms with Crippen molar-refractivity contribution in [3.63, 3.8) is 0 Å². The minimum Gasteiger partial charge on any atom is -0.457 e. The molecule has 0 atom stereocenters. The molecule has 0 saturated heterocycles. The van der Waals surface area contributed by atoms with Crippen LogP contribution in [0.4, 0.5) is 0 Å². The van der Waals surface area contributed by atoms with Gasteiger partial charge >= 0.3 is 5.97 Å². The average molecular weight is 312 g/mol. The molecule has 0 unspecified atom stereocenters. The third-order valence-electron chi connectivity index (χ3n) is 3.53. The van der Waals surface area contributed by atoms with Crippen LogP contribution in [0.5, 0.6) is 11.5 Å². The lowest BCUT2D eigenvalue weighted by Gasteiger charge is -2.05. The number of esters is 1. The predicted molar refractivity (Wildman–Crippen MR) is 82.7 cm³/mol. The summed E-state index contributed by atoms with van der Waals surface area (Å²) in [4.78, 5) is 23.9. The summed E-state index contributed by atoms with van der Waals surface area (Å²) in [6.45, 7) is 1.84. The summed E-state index contributed by atoms with van der Waals surface area (Å²) < 4.78 is 15.5. The zero-order chi connectivity index (χ0) is 16.2. The molecule has 0 N–H and O–H groups in total. The normalized spacial score (nSPS) is 12.0. The van der Waals surface area contributed by atoms with Crippen LogP contribution in [0, 0.1) is 6.92 Å². The van der Waals surface area contributed by atoms with Gasteiger partial charge in [0.25, 0.3) is 0 Å². The van der Waals surface area contributed by atoms with E-state index >= 15 is 0 Å². The van der Waals surface area contributed by atoms with E-state index in [1.165, 1.54) is 0 Å². The van der Waals surface area contributed by atoms with Crippen LogP contribution in [0.2, 0.25) is 0 Å². The zero-order valence-electron chi connectivity index (χ0n) is 12.7. The number of hydrogen-bond donors (Lipinski definition) is 0. The summed E-state index contributed by atoms with van der Waals surface area (Å²) >= 11 is 0. The maximum Gasteiger partial charge on any atom is 0.310 e. The van der Waals surface area contributed by atoms with Crippen LogP contribution in [-0.4, -0.2) is 25.2 Å². The van der Waals surface area contributed by atoms with Gasteiger partial charge in [-0.15, -0.1) is 0 Å². The molecule has 0 saturated carbocycles. The van der Waals surface area contributed by atoms with Gasteiger partial charge in [-0.05, 0) is 30.7 Å². The average Bonchev–Trinajstić information content (AvgIpc) is 3.02. The molecule has 1 aliphatic heterocycles. The number of hydrogen-bond acceptors (Lipinski definition) is 5. The first-order valence-corrected chi connectivity index (χ1v) is 7.26.